The van der Waals surface area contributed by atoms with Crippen LogP contribution in [0, 0.1) is 0 Å². The van der Waals surface area contributed by atoms with Gasteiger partial charge in [0.2, 0.25) is 0 Å². The number of ether oxygens (including phenoxy) is 2. The van der Waals surface area contributed by atoms with Crippen molar-refractivity contribution in [2.45, 2.75) is 45.0 Å². The zero-order valence-corrected chi connectivity index (χ0v) is 11.0. The molecule has 0 amide bonds. The predicted octanol–water partition coefficient (Wildman–Crippen LogP) is 2.83. The molecule has 1 aliphatic heterocycles. The second-order valence-electron chi connectivity index (χ2n) is 4.93. The van der Waals surface area contributed by atoms with Crippen LogP contribution < -0.4 is 0 Å². The highest BCUT2D eigenvalue weighted by Gasteiger charge is 2.16. The van der Waals surface area contributed by atoms with E-state index in [1.807, 2.05) is 18.2 Å². The summed E-state index contributed by atoms with van der Waals surface area (Å²) in [6.07, 6.45) is 3.32. The van der Waals surface area contributed by atoms with E-state index in [9.17, 15) is 0 Å². The third-order valence-corrected chi connectivity index (χ3v) is 3.37. The van der Waals surface area contributed by atoms with Crippen LogP contribution in [0.15, 0.2) is 24.3 Å². The van der Waals surface area contributed by atoms with E-state index in [4.69, 9.17) is 14.6 Å². The Morgan fingerprint density at radius 3 is 3.06 bits per heavy atom. The summed E-state index contributed by atoms with van der Waals surface area (Å²) in [7, 11) is 0. The van der Waals surface area contributed by atoms with Crippen molar-refractivity contribution >= 4 is 0 Å². The largest absolute Gasteiger partial charge is 0.392 e. The van der Waals surface area contributed by atoms with Gasteiger partial charge in [-0.05, 0) is 30.4 Å². The Kier molecular flexibility index (Phi) is 5.17. The van der Waals surface area contributed by atoms with Gasteiger partial charge in [-0.25, -0.2) is 0 Å². The highest BCUT2D eigenvalue weighted by Crippen LogP contribution is 2.20. The van der Waals surface area contributed by atoms with Crippen LogP contribution in [0.1, 0.15) is 43.2 Å². The average molecular weight is 250 g/mol. The molecular formula is C15H22O3. The van der Waals surface area contributed by atoms with E-state index in [1.165, 1.54) is 12.0 Å². The number of rotatable bonds is 5. The number of hydrogen-bond acceptors (Lipinski definition) is 3. The molecule has 18 heavy (non-hydrogen) atoms. The van der Waals surface area contributed by atoms with E-state index < -0.39 is 0 Å². The molecule has 1 aromatic rings. The van der Waals surface area contributed by atoms with Crippen molar-refractivity contribution in [1.82, 2.24) is 0 Å². The maximum atomic E-state index is 9.13. The van der Waals surface area contributed by atoms with E-state index in [1.54, 1.807) is 0 Å². The first-order valence-corrected chi connectivity index (χ1v) is 6.72. The molecule has 1 heterocycles. The van der Waals surface area contributed by atoms with E-state index >= 15 is 0 Å². The molecular weight excluding hydrogens is 228 g/mol. The normalized spacial score (nSPS) is 21.8. The summed E-state index contributed by atoms with van der Waals surface area (Å²) < 4.78 is 11.3. The molecule has 0 aliphatic carbocycles. The number of hydrogen-bond donors (Lipinski definition) is 1. The van der Waals surface area contributed by atoms with E-state index in [-0.39, 0.29) is 12.9 Å². The van der Waals surface area contributed by atoms with Crippen LogP contribution in [0.25, 0.3) is 0 Å². The van der Waals surface area contributed by atoms with E-state index in [0.29, 0.717) is 12.5 Å². The fraction of sp³-hybridized carbons (Fsp3) is 0.600. The van der Waals surface area contributed by atoms with Crippen molar-refractivity contribution in [1.29, 1.82) is 0 Å². The lowest BCUT2D eigenvalue weighted by molar-refractivity contribution is -0.164. The second kappa shape index (κ2) is 6.88. The van der Waals surface area contributed by atoms with Crippen LogP contribution in [0.2, 0.25) is 0 Å². The van der Waals surface area contributed by atoms with Crippen molar-refractivity contribution in [3.63, 3.8) is 0 Å². The molecule has 100 valence electrons. The minimum atomic E-state index is -0.0257. The molecule has 1 N–H and O–H groups in total. The van der Waals surface area contributed by atoms with E-state index in [2.05, 4.69) is 13.0 Å². The fourth-order valence-corrected chi connectivity index (χ4v) is 2.19. The van der Waals surface area contributed by atoms with Gasteiger partial charge in [0.25, 0.3) is 0 Å². The third-order valence-electron chi connectivity index (χ3n) is 3.37. The van der Waals surface area contributed by atoms with Crippen LogP contribution in [0.4, 0.5) is 0 Å². The van der Waals surface area contributed by atoms with Gasteiger partial charge in [-0.1, -0.05) is 31.2 Å². The van der Waals surface area contributed by atoms with Gasteiger partial charge in [0.05, 0.1) is 13.2 Å². The lowest BCUT2D eigenvalue weighted by Crippen LogP contribution is -2.24. The number of aliphatic hydroxyl groups excluding tert-OH is 1. The monoisotopic (exact) mass is 250 g/mol. The Bertz CT molecular complexity index is 359. The SMILES string of the molecule is C[C@H](COC1CCCCO1)c1cccc(CO)c1. The molecule has 3 heteroatoms. The van der Waals surface area contributed by atoms with Gasteiger partial charge >= 0.3 is 0 Å². The summed E-state index contributed by atoms with van der Waals surface area (Å²) in [5.74, 6) is 0.321. The molecule has 1 aliphatic rings. The molecule has 1 saturated heterocycles. The van der Waals surface area contributed by atoms with Gasteiger partial charge < -0.3 is 14.6 Å². The van der Waals surface area contributed by atoms with Crippen molar-refractivity contribution in [3.05, 3.63) is 35.4 Å². The summed E-state index contributed by atoms with van der Waals surface area (Å²) in [4.78, 5) is 0. The highest BCUT2D eigenvalue weighted by molar-refractivity contribution is 5.25. The molecule has 1 unspecified atom stereocenters. The molecule has 0 spiro atoms. The van der Waals surface area contributed by atoms with Gasteiger partial charge in [-0.2, -0.15) is 0 Å². The van der Waals surface area contributed by atoms with Gasteiger partial charge in [-0.3, -0.25) is 0 Å². The average Bonchev–Trinajstić information content (AvgIpc) is 2.46. The maximum absolute atomic E-state index is 9.13. The molecule has 3 nitrogen and oxygen atoms in total. The van der Waals surface area contributed by atoms with Crippen LogP contribution in [0.5, 0.6) is 0 Å². The molecule has 0 aromatic heterocycles. The lowest BCUT2D eigenvalue weighted by Gasteiger charge is -2.24. The minimum Gasteiger partial charge on any atom is -0.392 e. The van der Waals surface area contributed by atoms with Crippen LogP contribution in [-0.4, -0.2) is 24.6 Å². The smallest absolute Gasteiger partial charge is 0.157 e. The van der Waals surface area contributed by atoms with Gasteiger partial charge in [0.1, 0.15) is 0 Å². The minimum absolute atomic E-state index is 0.0257. The van der Waals surface area contributed by atoms with Crippen molar-refractivity contribution in [2.24, 2.45) is 0 Å². The summed E-state index contributed by atoms with van der Waals surface area (Å²) >= 11 is 0. The zero-order valence-electron chi connectivity index (χ0n) is 11.0. The Balaban J connectivity index is 1.84. The molecule has 2 atom stereocenters. The zero-order chi connectivity index (χ0) is 12.8. The predicted molar refractivity (Wildman–Crippen MR) is 70.3 cm³/mol. The lowest BCUT2D eigenvalue weighted by atomic mass is 10.00. The molecule has 2 rings (SSSR count). The van der Waals surface area contributed by atoms with Crippen LogP contribution in [-0.2, 0) is 16.1 Å². The Morgan fingerprint density at radius 2 is 2.33 bits per heavy atom. The Morgan fingerprint density at radius 1 is 1.44 bits per heavy atom. The standard InChI is InChI=1S/C15H22O3/c1-12(11-18-15-7-2-3-8-17-15)14-6-4-5-13(9-14)10-16/h4-6,9,12,15-16H,2-3,7-8,10-11H2,1H3/t12-,15?/m1/s1. The third kappa shape index (κ3) is 3.80. The van der Waals surface area contributed by atoms with Crippen molar-refractivity contribution < 1.29 is 14.6 Å². The van der Waals surface area contributed by atoms with Gasteiger partial charge in [-0.15, -0.1) is 0 Å². The molecule has 0 bridgehead atoms. The Labute approximate surface area is 109 Å². The molecule has 1 fully saturated rings. The number of aliphatic hydroxyl groups is 1. The second-order valence-corrected chi connectivity index (χ2v) is 4.93. The molecule has 0 radical (unpaired) electrons. The maximum Gasteiger partial charge on any atom is 0.157 e. The quantitative estimate of drug-likeness (QED) is 0.873. The van der Waals surface area contributed by atoms with Gasteiger partial charge in [0.15, 0.2) is 6.29 Å². The molecule has 0 saturated carbocycles. The topological polar surface area (TPSA) is 38.7 Å². The summed E-state index contributed by atoms with van der Waals surface area (Å²) in [5, 5.41) is 9.13. The van der Waals surface area contributed by atoms with Crippen molar-refractivity contribution in [3.8, 4) is 0 Å². The van der Waals surface area contributed by atoms with Crippen LogP contribution in [0.3, 0.4) is 0 Å². The van der Waals surface area contributed by atoms with Crippen LogP contribution >= 0.6 is 0 Å². The summed E-state index contributed by atoms with van der Waals surface area (Å²) in [6, 6.07) is 8.03. The first kappa shape index (κ1) is 13.5. The number of benzene rings is 1. The Hall–Kier alpha value is -0.900. The van der Waals surface area contributed by atoms with Gasteiger partial charge in [0, 0.05) is 12.5 Å². The van der Waals surface area contributed by atoms with E-state index in [0.717, 1.165) is 25.0 Å². The van der Waals surface area contributed by atoms with Crippen molar-refractivity contribution in [2.75, 3.05) is 13.2 Å². The first-order valence-electron chi connectivity index (χ1n) is 6.72. The molecule has 1 aromatic carbocycles. The fourth-order valence-electron chi connectivity index (χ4n) is 2.19. The highest BCUT2D eigenvalue weighted by atomic mass is 16.7. The first-order chi connectivity index (χ1) is 8.79. The summed E-state index contributed by atoms with van der Waals surface area (Å²) in [5.41, 5.74) is 2.16. The summed E-state index contributed by atoms with van der Waals surface area (Å²) in [6.45, 7) is 3.71.